The van der Waals surface area contributed by atoms with Gasteiger partial charge in [-0.2, -0.15) is 0 Å². The van der Waals surface area contributed by atoms with Gasteiger partial charge in [-0.3, -0.25) is 0 Å². The number of benzene rings is 1. The van der Waals surface area contributed by atoms with Gasteiger partial charge in [0.1, 0.15) is 0 Å². The molecule has 1 aromatic carbocycles. The first-order valence-electron chi connectivity index (χ1n) is 9.20. The van der Waals surface area contributed by atoms with Crippen molar-refractivity contribution in [3.8, 4) is 0 Å². The molecule has 0 aromatic heterocycles. The fourth-order valence-electron chi connectivity index (χ4n) is 4.11. The van der Waals surface area contributed by atoms with Crippen LogP contribution < -0.4 is 5.32 Å². The minimum atomic E-state index is 0.568. The van der Waals surface area contributed by atoms with Crippen molar-refractivity contribution in [1.82, 2.24) is 5.32 Å². The minimum Gasteiger partial charge on any atom is -0.310 e. The van der Waals surface area contributed by atoms with E-state index in [1.54, 1.807) is 5.56 Å². The quantitative estimate of drug-likeness (QED) is 0.720. The van der Waals surface area contributed by atoms with Crippen LogP contribution in [0.5, 0.6) is 0 Å². The zero-order valence-corrected chi connectivity index (χ0v) is 13.6. The molecule has 2 aliphatic rings. The fourth-order valence-corrected chi connectivity index (χ4v) is 4.11. The molecule has 2 saturated carbocycles. The summed E-state index contributed by atoms with van der Waals surface area (Å²) in [5, 5.41) is 3.75. The summed E-state index contributed by atoms with van der Waals surface area (Å²) in [6.07, 6.45) is 12.8. The minimum absolute atomic E-state index is 0.568. The van der Waals surface area contributed by atoms with Crippen molar-refractivity contribution in [2.75, 3.05) is 6.54 Å². The van der Waals surface area contributed by atoms with Gasteiger partial charge < -0.3 is 5.32 Å². The summed E-state index contributed by atoms with van der Waals surface area (Å²) < 4.78 is 0. The first kappa shape index (κ1) is 15.1. The Morgan fingerprint density at radius 2 is 1.86 bits per heavy atom. The molecule has 0 saturated heterocycles. The second kappa shape index (κ2) is 7.45. The van der Waals surface area contributed by atoms with Crippen LogP contribution in [0, 0.1) is 5.92 Å². The van der Waals surface area contributed by atoms with Gasteiger partial charge in [-0.15, -0.1) is 0 Å². The van der Waals surface area contributed by atoms with E-state index < -0.39 is 0 Å². The lowest BCUT2D eigenvalue weighted by Crippen LogP contribution is -2.24. The average molecular weight is 285 g/mol. The monoisotopic (exact) mass is 285 g/mol. The molecule has 0 spiro atoms. The molecular formula is C20H31N. The van der Waals surface area contributed by atoms with Gasteiger partial charge in [-0.1, -0.05) is 69.7 Å². The van der Waals surface area contributed by atoms with Gasteiger partial charge in [0.2, 0.25) is 0 Å². The van der Waals surface area contributed by atoms with Crippen LogP contribution in [-0.4, -0.2) is 6.54 Å². The van der Waals surface area contributed by atoms with Crippen molar-refractivity contribution in [3.05, 3.63) is 35.4 Å². The van der Waals surface area contributed by atoms with E-state index in [1.165, 1.54) is 63.4 Å². The van der Waals surface area contributed by atoms with Gasteiger partial charge in [0.15, 0.2) is 0 Å². The molecule has 0 heterocycles. The van der Waals surface area contributed by atoms with Crippen LogP contribution in [0.4, 0.5) is 0 Å². The van der Waals surface area contributed by atoms with Crippen LogP contribution in [0.25, 0.3) is 0 Å². The van der Waals surface area contributed by atoms with E-state index in [0.717, 1.165) is 18.4 Å². The van der Waals surface area contributed by atoms with Crippen LogP contribution in [-0.2, 0) is 0 Å². The van der Waals surface area contributed by atoms with Gasteiger partial charge >= 0.3 is 0 Å². The predicted molar refractivity (Wildman–Crippen MR) is 90.6 cm³/mol. The third-order valence-corrected chi connectivity index (χ3v) is 5.63. The zero-order valence-electron chi connectivity index (χ0n) is 13.6. The maximum Gasteiger partial charge on any atom is 0.0322 e. The summed E-state index contributed by atoms with van der Waals surface area (Å²) in [4.78, 5) is 0. The molecule has 0 bridgehead atoms. The Morgan fingerprint density at radius 3 is 2.52 bits per heavy atom. The molecule has 21 heavy (non-hydrogen) atoms. The third kappa shape index (κ3) is 3.88. The smallest absolute Gasteiger partial charge is 0.0322 e. The van der Waals surface area contributed by atoms with E-state index in [-0.39, 0.29) is 0 Å². The molecule has 0 aliphatic heterocycles. The Bertz CT molecular complexity index is 429. The molecule has 3 rings (SSSR count). The molecule has 1 nitrogen and oxygen atoms in total. The van der Waals surface area contributed by atoms with E-state index in [0.29, 0.717) is 6.04 Å². The van der Waals surface area contributed by atoms with Crippen molar-refractivity contribution in [3.63, 3.8) is 0 Å². The largest absolute Gasteiger partial charge is 0.310 e. The molecule has 2 fully saturated rings. The summed E-state index contributed by atoms with van der Waals surface area (Å²) >= 11 is 0. The van der Waals surface area contributed by atoms with E-state index in [2.05, 4.69) is 36.5 Å². The SMILES string of the molecule is CCNC(CC1CCCCC1)c1cccc(C2CCC2)c1. The zero-order chi connectivity index (χ0) is 14.5. The Balaban J connectivity index is 1.69. The van der Waals surface area contributed by atoms with E-state index in [9.17, 15) is 0 Å². The van der Waals surface area contributed by atoms with Crippen LogP contribution in [0.15, 0.2) is 24.3 Å². The highest BCUT2D eigenvalue weighted by atomic mass is 14.9. The number of hydrogen-bond donors (Lipinski definition) is 1. The number of hydrogen-bond acceptors (Lipinski definition) is 1. The highest BCUT2D eigenvalue weighted by Gasteiger charge is 2.22. The number of nitrogens with one attached hydrogen (secondary N) is 1. The molecule has 116 valence electrons. The van der Waals surface area contributed by atoms with Crippen LogP contribution in [0.1, 0.15) is 87.8 Å². The Kier molecular flexibility index (Phi) is 5.35. The molecule has 1 heteroatoms. The van der Waals surface area contributed by atoms with Crippen molar-refractivity contribution in [1.29, 1.82) is 0 Å². The summed E-state index contributed by atoms with van der Waals surface area (Å²) in [6.45, 7) is 3.31. The van der Waals surface area contributed by atoms with Gasteiger partial charge in [0, 0.05) is 6.04 Å². The van der Waals surface area contributed by atoms with E-state index >= 15 is 0 Å². The van der Waals surface area contributed by atoms with Gasteiger partial charge in [0.05, 0.1) is 0 Å². The molecule has 2 aliphatic carbocycles. The lowest BCUT2D eigenvalue weighted by molar-refractivity contribution is 0.301. The maximum absolute atomic E-state index is 3.75. The van der Waals surface area contributed by atoms with E-state index in [4.69, 9.17) is 0 Å². The van der Waals surface area contributed by atoms with Gasteiger partial charge in [0.25, 0.3) is 0 Å². The molecular weight excluding hydrogens is 254 g/mol. The number of rotatable bonds is 6. The second-order valence-corrected chi connectivity index (χ2v) is 7.15. The third-order valence-electron chi connectivity index (χ3n) is 5.63. The molecule has 0 radical (unpaired) electrons. The summed E-state index contributed by atoms with van der Waals surface area (Å²) in [7, 11) is 0. The van der Waals surface area contributed by atoms with Crippen molar-refractivity contribution < 1.29 is 0 Å². The molecule has 1 atom stereocenters. The van der Waals surface area contributed by atoms with Crippen LogP contribution in [0.2, 0.25) is 0 Å². The Labute approximate surface area is 130 Å². The predicted octanol–water partition coefficient (Wildman–Crippen LogP) is 5.58. The maximum atomic E-state index is 3.75. The lowest BCUT2D eigenvalue weighted by Gasteiger charge is -2.29. The van der Waals surface area contributed by atoms with Crippen molar-refractivity contribution >= 4 is 0 Å². The van der Waals surface area contributed by atoms with E-state index in [1.807, 2.05) is 0 Å². The molecule has 0 amide bonds. The first-order chi connectivity index (χ1) is 10.4. The Morgan fingerprint density at radius 1 is 1.05 bits per heavy atom. The highest BCUT2D eigenvalue weighted by Crippen LogP contribution is 2.38. The fraction of sp³-hybridized carbons (Fsp3) is 0.700. The van der Waals surface area contributed by atoms with Crippen LogP contribution >= 0.6 is 0 Å². The summed E-state index contributed by atoms with van der Waals surface area (Å²) in [5.41, 5.74) is 3.12. The highest BCUT2D eigenvalue weighted by molar-refractivity contribution is 5.29. The molecule has 1 unspecified atom stereocenters. The summed E-state index contributed by atoms with van der Waals surface area (Å²) in [6, 6.07) is 10.0. The van der Waals surface area contributed by atoms with Gasteiger partial charge in [-0.25, -0.2) is 0 Å². The first-order valence-corrected chi connectivity index (χ1v) is 9.20. The summed E-state index contributed by atoms with van der Waals surface area (Å²) in [5.74, 6) is 1.79. The topological polar surface area (TPSA) is 12.0 Å². The second-order valence-electron chi connectivity index (χ2n) is 7.15. The normalized spacial score (nSPS) is 22.0. The van der Waals surface area contributed by atoms with Crippen molar-refractivity contribution in [2.24, 2.45) is 5.92 Å². The molecule has 1 aromatic rings. The van der Waals surface area contributed by atoms with Crippen LogP contribution in [0.3, 0.4) is 0 Å². The van der Waals surface area contributed by atoms with Gasteiger partial charge in [-0.05, 0) is 48.8 Å². The standard InChI is InChI=1S/C20H31N/c1-2-21-20(14-16-8-4-3-5-9-16)19-13-7-12-18(15-19)17-10-6-11-17/h7,12-13,15-17,20-21H,2-6,8-11,14H2,1H3. The lowest BCUT2D eigenvalue weighted by atomic mass is 9.78. The molecule has 1 N–H and O–H groups in total. The van der Waals surface area contributed by atoms with Crippen molar-refractivity contribution in [2.45, 2.75) is 76.7 Å². The Hall–Kier alpha value is -0.820. The average Bonchev–Trinajstić information content (AvgIpc) is 2.46.